The zero-order valence-electron chi connectivity index (χ0n) is 12.9. The summed E-state index contributed by atoms with van der Waals surface area (Å²) in [5, 5.41) is 3.16. The molecule has 0 atom stereocenters. The Morgan fingerprint density at radius 2 is 1.79 bits per heavy atom. The third-order valence-electron chi connectivity index (χ3n) is 4.23. The molecule has 0 radical (unpaired) electrons. The van der Waals surface area contributed by atoms with Gasteiger partial charge in [0.1, 0.15) is 0 Å². The van der Waals surface area contributed by atoms with E-state index in [1.807, 2.05) is 0 Å². The van der Waals surface area contributed by atoms with Gasteiger partial charge in [0.15, 0.2) is 0 Å². The van der Waals surface area contributed by atoms with Crippen LogP contribution in [0.15, 0.2) is 0 Å². The van der Waals surface area contributed by atoms with Gasteiger partial charge in [-0.25, -0.2) is 12.7 Å². The first kappa shape index (κ1) is 16.9. The first-order valence-electron chi connectivity index (χ1n) is 7.45. The normalized spacial score (nSPS) is 20.9. The van der Waals surface area contributed by atoms with E-state index in [0.29, 0.717) is 12.0 Å². The lowest BCUT2D eigenvalue weighted by Gasteiger charge is -2.38. The van der Waals surface area contributed by atoms with Crippen molar-refractivity contribution in [2.24, 2.45) is 5.41 Å². The van der Waals surface area contributed by atoms with Crippen LogP contribution < -0.4 is 5.32 Å². The van der Waals surface area contributed by atoms with Crippen LogP contribution in [0.1, 0.15) is 52.9 Å². The largest absolute Gasteiger partial charge is 0.316 e. The van der Waals surface area contributed by atoms with Crippen molar-refractivity contribution in [2.75, 3.05) is 25.9 Å². The van der Waals surface area contributed by atoms with Crippen LogP contribution in [-0.2, 0) is 10.0 Å². The molecule has 0 aromatic carbocycles. The molecule has 0 unspecified atom stereocenters. The summed E-state index contributed by atoms with van der Waals surface area (Å²) in [4.78, 5) is 0. The van der Waals surface area contributed by atoms with Gasteiger partial charge in [0.2, 0.25) is 10.0 Å². The molecule has 4 nitrogen and oxygen atoms in total. The summed E-state index contributed by atoms with van der Waals surface area (Å²) < 4.78 is 26.1. The van der Waals surface area contributed by atoms with Crippen LogP contribution in [0.5, 0.6) is 0 Å². The second kappa shape index (κ2) is 7.04. The second-order valence-electron chi connectivity index (χ2n) is 6.48. The Bertz CT molecular complexity index is 356. The Labute approximate surface area is 119 Å². The van der Waals surface area contributed by atoms with Gasteiger partial charge in [-0.1, -0.05) is 20.8 Å². The lowest BCUT2D eigenvalue weighted by molar-refractivity contribution is 0.174. The molecule has 1 fully saturated rings. The summed E-state index contributed by atoms with van der Waals surface area (Å²) in [5.74, 6) is 0.212. The van der Waals surface area contributed by atoms with Gasteiger partial charge in [-0.05, 0) is 44.1 Å². The van der Waals surface area contributed by atoms with Gasteiger partial charge in [-0.3, -0.25) is 0 Å². The highest BCUT2D eigenvalue weighted by molar-refractivity contribution is 7.89. The summed E-state index contributed by atoms with van der Waals surface area (Å²) in [7, 11) is -1.36. The van der Waals surface area contributed by atoms with Crippen molar-refractivity contribution < 1.29 is 8.42 Å². The number of hydrogen-bond donors (Lipinski definition) is 1. The maximum atomic E-state index is 12.2. The molecule has 0 saturated heterocycles. The van der Waals surface area contributed by atoms with Crippen molar-refractivity contribution in [1.82, 2.24) is 9.62 Å². The van der Waals surface area contributed by atoms with Gasteiger partial charge in [-0.2, -0.15) is 0 Å². The van der Waals surface area contributed by atoms with Crippen LogP contribution in [0.25, 0.3) is 0 Å². The molecule has 0 aromatic heterocycles. The van der Waals surface area contributed by atoms with E-state index in [4.69, 9.17) is 0 Å². The Balaban J connectivity index is 2.45. The molecule has 0 aliphatic heterocycles. The fourth-order valence-corrected chi connectivity index (χ4v) is 3.98. The molecular formula is C14H30N2O2S. The van der Waals surface area contributed by atoms with Gasteiger partial charge in [-0.15, -0.1) is 0 Å². The average molecular weight is 290 g/mol. The predicted molar refractivity (Wildman–Crippen MR) is 80.7 cm³/mol. The van der Waals surface area contributed by atoms with Gasteiger partial charge in [0, 0.05) is 19.6 Å². The van der Waals surface area contributed by atoms with E-state index in [0.717, 1.165) is 38.6 Å². The molecule has 114 valence electrons. The molecule has 5 heteroatoms. The van der Waals surface area contributed by atoms with Crippen LogP contribution >= 0.6 is 0 Å². The lowest BCUT2D eigenvalue weighted by atomic mass is 9.76. The zero-order valence-corrected chi connectivity index (χ0v) is 13.7. The van der Waals surface area contributed by atoms with E-state index < -0.39 is 10.0 Å². The molecule has 0 aromatic rings. The number of rotatable bonds is 7. The standard InChI is InChI=1S/C14H30N2O2S/c1-5-10-15-11-12-19(17,18)16(4)13-6-8-14(2,3)9-7-13/h13,15H,5-12H2,1-4H3. The highest BCUT2D eigenvalue weighted by Crippen LogP contribution is 2.37. The fourth-order valence-electron chi connectivity index (χ4n) is 2.62. The highest BCUT2D eigenvalue weighted by atomic mass is 32.2. The van der Waals surface area contributed by atoms with E-state index in [1.54, 1.807) is 11.4 Å². The third-order valence-corrected chi connectivity index (χ3v) is 6.12. The van der Waals surface area contributed by atoms with Crippen LogP contribution in [-0.4, -0.2) is 44.7 Å². The minimum absolute atomic E-state index is 0.198. The molecular weight excluding hydrogens is 260 g/mol. The SMILES string of the molecule is CCCNCCS(=O)(=O)N(C)C1CCC(C)(C)CC1. The molecule has 19 heavy (non-hydrogen) atoms. The minimum Gasteiger partial charge on any atom is -0.316 e. The van der Waals surface area contributed by atoms with Gasteiger partial charge in [0.25, 0.3) is 0 Å². The molecule has 0 heterocycles. The summed E-state index contributed by atoms with van der Waals surface area (Å²) >= 11 is 0. The molecule has 1 N–H and O–H groups in total. The van der Waals surface area contributed by atoms with Crippen molar-refractivity contribution in [3.63, 3.8) is 0 Å². The van der Waals surface area contributed by atoms with E-state index in [1.165, 1.54) is 0 Å². The van der Waals surface area contributed by atoms with E-state index in [9.17, 15) is 8.42 Å². The van der Waals surface area contributed by atoms with Crippen molar-refractivity contribution in [3.05, 3.63) is 0 Å². The maximum absolute atomic E-state index is 12.2. The Kier molecular flexibility index (Phi) is 6.27. The van der Waals surface area contributed by atoms with Crippen molar-refractivity contribution in [3.8, 4) is 0 Å². The van der Waals surface area contributed by atoms with E-state index in [-0.39, 0.29) is 11.8 Å². The van der Waals surface area contributed by atoms with Crippen LogP contribution in [0.4, 0.5) is 0 Å². The quantitative estimate of drug-likeness (QED) is 0.731. The summed E-state index contributed by atoms with van der Waals surface area (Å²) in [6, 6.07) is 0.198. The Morgan fingerprint density at radius 1 is 1.21 bits per heavy atom. The molecule has 1 saturated carbocycles. The average Bonchev–Trinajstić information content (AvgIpc) is 2.34. The highest BCUT2D eigenvalue weighted by Gasteiger charge is 2.32. The Morgan fingerprint density at radius 3 is 2.32 bits per heavy atom. The van der Waals surface area contributed by atoms with Crippen molar-refractivity contribution in [2.45, 2.75) is 58.9 Å². The van der Waals surface area contributed by atoms with E-state index in [2.05, 4.69) is 26.1 Å². The van der Waals surface area contributed by atoms with Crippen LogP contribution in [0.3, 0.4) is 0 Å². The van der Waals surface area contributed by atoms with Crippen molar-refractivity contribution >= 4 is 10.0 Å². The zero-order chi connectivity index (χ0) is 14.5. The molecule has 0 amide bonds. The minimum atomic E-state index is -3.11. The number of nitrogens with one attached hydrogen (secondary N) is 1. The second-order valence-corrected chi connectivity index (χ2v) is 8.63. The smallest absolute Gasteiger partial charge is 0.215 e. The molecule has 0 spiro atoms. The van der Waals surface area contributed by atoms with Crippen molar-refractivity contribution in [1.29, 1.82) is 0 Å². The predicted octanol–water partition coefficient (Wildman–Crippen LogP) is 2.22. The first-order valence-corrected chi connectivity index (χ1v) is 9.06. The maximum Gasteiger partial charge on any atom is 0.215 e. The molecule has 1 rings (SSSR count). The monoisotopic (exact) mass is 290 g/mol. The Hall–Kier alpha value is -0.130. The summed E-state index contributed by atoms with van der Waals surface area (Å²) in [6.45, 7) is 8.06. The van der Waals surface area contributed by atoms with Gasteiger partial charge < -0.3 is 5.32 Å². The van der Waals surface area contributed by atoms with E-state index >= 15 is 0 Å². The summed E-state index contributed by atoms with van der Waals surface area (Å²) in [6.07, 6.45) is 5.25. The topological polar surface area (TPSA) is 49.4 Å². The molecule has 1 aliphatic carbocycles. The van der Waals surface area contributed by atoms with Gasteiger partial charge >= 0.3 is 0 Å². The fraction of sp³-hybridized carbons (Fsp3) is 1.00. The first-order chi connectivity index (χ1) is 8.78. The molecule has 1 aliphatic rings. The molecule has 0 bridgehead atoms. The van der Waals surface area contributed by atoms with Gasteiger partial charge in [0.05, 0.1) is 5.75 Å². The number of sulfonamides is 1. The number of hydrogen-bond acceptors (Lipinski definition) is 3. The number of nitrogens with zero attached hydrogens (tertiary/aromatic N) is 1. The third kappa shape index (κ3) is 5.40. The lowest BCUT2D eigenvalue weighted by Crippen LogP contribution is -2.43. The van der Waals surface area contributed by atoms with Crippen LogP contribution in [0, 0.1) is 5.41 Å². The summed E-state index contributed by atoms with van der Waals surface area (Å²) in [5.41, 5.74) is 0.379. The van der Waals surface area contributed by atoms with Crippen LogP contribution in [0.2, 0.25) is 0 Å².